The molecular weight excluding hydrogens is 318 g/mol. The number of nitrogens with zero attached hydrogens (tertiary/aromatic N) is 3. The highest BCUT2D eigenvalue weighted by molar-refractivity contribution is 5.79. The second kappa shape index (κ2) is 8.99. The Kier molecular flexibility index (Phi) is 6.70. The van der Waals surface area contributed by atoms with Crippen LogP contribution < -0.4 is 0 Å². The summed E-state index contributed by atoms with van der Waals surface area (Å²) in [5, 5.41) is 0. The van der Waals surface area contributed by atoms with Gasteiger partial charge in [0.25, 0.3) is 0 Å². The average molecular weight is 351 g/mol. The molecule has 0 aromatic carbocycles. The van der Waals surface area contributed by atoms with Crippen LogP contribution in [0.15, 0.2) is 0 Å². The third kappa shape index (κ3) is 4.94. The zero-order chi connectivity index (χ0) is 17.6. The number of rotatable bonds is 5. The van der Waals surface area contributed by atoms with Gasteiger partial charge in [-0.1, -0.05) is 6.92 Å². The van der Waals surface area contributed by atoms with Crippen LogP contribution in [0.3, 0.4) is 0 Å². The van der Waals surface area contributed by atoms with Crippen LogP contribution in [0, 0.1) is 11.8 Å². The number of likely N-dealkylation sites (N-methyl/N-ethyl adjacent to an activating group) is 1. The average Bonchev–Trinajstić information content (AvgIpc) is 3.21. The Balaban J connectivity index is 1.33. The van der Waals surface area contributed by atoms with E-state index < -0.39 is 0 Å². The Labute approximate surface area is 151 Å². The van der Waals surface area contributed by atoms with E-state index in [4.69, 9.17) is 4.74 Å². The molecule has 0 radical (unpaired) electrons. The van der Waals surface area contributed by atoms with Gasteiger partial charge in [0, 0.05) is 52.3 Å². The number of amides is 2. The summed E-state index contributed by atoms with van der Waals surface area (Å²) < 4.78 is 5.33. The molecule has 6 heteroatoms. The number of carbonyl (C=O) groups is 2. The van der Waals surface area contributed by atoms with E-state index in [1.54, 1.807) is 0 Å². The summed E-state index contributed by atoms with van der Waals surface area (Å²) in [5.74, 6) is 1.27. The summed E-state index contributed by atoms with van der Waals surface area (Å²) in [5.41, 5.74) is 0. The highest BCUT2D eigenvalue weighted by Gasteiger charge is 2.31. The number of piperidine rings is 1. The third-order valence-electron chi connectivity index (χ3n) is 6.14. The van der Waals surface area contributed by atoms with Gasteiger partial charge in [-0.05, 0) is 38.1 Å². The number of piperazine rings is 1. The molecule has 3 fully saturated rings. The fourth-order valence-corrected chi connectivity index (χ4v) is 4.23. The fourth-order valence-electron chi connectivity index (χ4n) is 4.23. The summed E-state index contributed by atoms with van der Waals surface area (Å²) >= 11 is 0. The molecule has 142 valence electrons. The number of likely N-dealkylation sites (tertiary alicyclic amines) is 1. The Hall–Kier alpha value is -1.14. The molecule has 0 spiro atoms. The van der Waals surface area contributed by atoms with Gasteiger partial charge < -0.3 is 19.4 Å². The van der Waals surface area contributed by atoms with Crippen molar-refractivity contribution in [1.29, 1.82) is 0 Å². The van der Waals surface area contributed by atoms with Gasteiger partial charge in [0.1, 0.15) is 0 Å². The molecule has 0 aliphatic carbocycles. The van der Waals surface area contributed by atoms with Gasteiger partial charge in [-0.15, -0.1) is 0 Å². The molecule has 3 heterocycles. The zero-order valence-corrected chi connectivity index (χ0v) is 15.6. The maximum absolute atomic E-state index is 12.4. The van der Waals surface area contributed by atoms with Crippen molar-refractivity contribution in [3.63, 3.8) is 0 Å². The van der Waals surface area contributed by atoms with Crippen molar-refractivity contribution in [2.75, 3.05) is 59.0 Å². The number of hydrogen-bond acceptors (Lipinski definition) is 4. The molecule has 3 rings (SSSR count). The minimum Gasteiger partial charge on any atom is -0.381 e. The SMILES string of the molecule is CCN1CCN(C(=O)CCC2CCN(C(=O)C3CCOC3)CC2)CC1. The molecule has 0 N–H and O–H groups in total. The van der Waals surface area contributed by atoms with Crippen LogP contribution in [0.1, 0.15) is 39.0 Å². The maximum atomic E-state index is 12.4. The lowest BCUT2D eigenvalue weighted by atomic mass is 9.91. The smallest absolute Gasteiger partial charge is 0.228 e. The standard InChI is InChI=1S/C19H33N3O3/c1-2-20-10-12-21(13-11-20)18(23)4-3-16-5-8-22(9-6-16)19(24)17-7-14-25-15-17/h16-17H,2-15H2,1H3. The minimum atomic E-state index is 0.0833. The number of carbonyl (C=O) groups excluding carboxylic acids is 2. The predicted molar refractivity (Wildman–Crippen MR) is 96.2 cm³/mol. The van der Waals surface area contributed by atoms with E-state index in [1.807, 2.05) is 9.80 Å². The normalized spacial score (nSPS) is 26.2. The summed E-state index contributed by atoms with van der Waals surface area (Å²) in [6.45, 7) is 10.0. The van der Waals surface area contributed by atoms with Crippen molar-refractivity contribution in [1.82, 2.24) is 14.7 Å². The Morgan fingerprint density at radius 1 is 0.960 bits per heavy atom. The molecule has 0 aromatic heterocycles. The van der Waals surface area contributed by atoms with E-state index in [9.17, 15) is 9.59 Å². The Bertz CT molecular complexity index is 449. The van der Waals surface area contributed by atoms with Crippen molar-refractivity contribution < 1.29 is 14.3 Å². The first-order valence-corrected chi connectivity index (χ1v) is 10.0. The van der Waals surface area contributed by atoms with Gasteiger partial charge in [0.2, 0.25) is 11.8 Å². The van der Waals surface area contributed by atoms with E-state index in [2.05, 4.69) is 11.8 Å². The minimum absolute atomic E-state index is 0.0833. The molecule has 0 bridgehead atoms. The van der Waals surface area contributed by atoms with E-state index in [0.29, 0.717) is 24.9 Å². The first-order chi connectivity index (χ1) is 12.2. The summed E-state index contributed by atoms with van der Waals surface area (Å²) in [7, 11) is 0. The summed E-state index contributed by atoms with van der Waals surface area (Å²) in [4.78, 5) is 31.3. The molecular formula is C19H33N3O3. The monoisotopic (exact) mass is 351 g/mol. The molecule has 25 heavy (non-hydrogen) atoms. The van der Waals surface area contributed by atoms with Gasteiger partial charge >= 0.3 is 0 Å². The second-order valence-corrected chi connectivity index (χ2v) is 7.68. The van der Waals surface area contributed by atoms with E-state index in [1.165, 1.54) is 0 Å². The number of hydrogen-bond donors (Lipinski definition) is 0. The van der Waals surface area contributed by atoms with Crippen molar-refractivity contribution in [3.8, 4) is 0 Å². The summed E-state index contributed by atoms with van der Waals surface area (Å²) in [6.07, 6.45) is 4.59. The van der Waals surface area contributed by atoms with Gasteiger partial charge in [-0.2, -0.15) is 0 Å². The molecule has 0 saturated carbocycles. The molecule has 3 saturated heterocycles. The van der Waals surface area contributed by atoms with Crippen molar-refractivity contribution >= 4 is 11.8 Å². The van der Waals surface area contributed by atoms with Crippen LogP contribution in [0.5, 0.6) is 0 Å². The van der Waals surface area contributed by atoms with Crippen LogP contribution in [0.25, 0.3) is 0 Å². The van der Waals surface area contributed by atoms with Crippen molar-refractivity contribution in [2.24, 2.45) is 11.8 Å². The van der Waals surface area contributed by atoms with Gasteiger partial charge in [-0.25, -0.2) is 0 Å². The lowest BCUT2D eigenvalue weighted by Gasteiger charge is -2.35. The van der Waals surface area contributed by atoms with Crippen molar-refractivity contribution in [2.45, 2.75) is 39.0 Å². The lowest BCUT2D eigenvalue weighted by molar-refractivity contribution is -0.137. The van der Waals surface area contributed by atoms with Gasteiger partial charge in [0.15, 0.2) is 0 Å². The first kappa shape index (κ1) is 18.6. The fraction of sp³-hybridized carbons (Fsp3) is 0.895. The summed E-state index contributed by atoms with van der Waals surface area (Å²) in [6, 6.07) is 0. The molecule has 1 atom stereocenters. The van der Waals surface area contributed by atoms with Crippen LogP contribution >= 0.6 is 0 Å². The van der Waals surface area contributed by atoms with E-state index in [0.717, 1.165) is 78.1 Å². The molecule has 0 aromatic rings. The first-order valence-electron chi connectivity index (χ1n) is 10.0. The van der Waals surface area contributed by atoms with E-state index >= 15 is 0 Å². The molecule has 2 amide bonds. The van der Waals surface area contributed by atoms with E-state index in [-0.39, 0.29) is 11.8 Å². The van der Waals surface area contributed by atoms with Crippen LogP contribution in [0.2, 0.25) is 0 Å². The van der Waals surface area contributed by atoms with Gasteiger partial charge in [-0.3, -0.25) is 9.59 Å². The molecule has 3 aliphatic heterocycles. The largest absolute Gasteiger partial charge is 0.381 e. The van der Waals surface area contributed by atoms with Crippen LogP contribution in [0.4, 0.5) is 0 Å². The van der Waals surface area contributed by atoms with Crippen molar-refractivity contribution in [3.05, 3.63) is 0 Å². The molecule has 6 nitrogen and oxygen atoms in total. The Morgan fingerprint density at radius 3 is 2.28 bits per heavy atom. The maximum Gasteiger partial charge on any atom is 0.228 e. The molecule has 1 unspecified atom stereocenters. The van der Waals surface area contributed by atoms with Gasteiger partial charge in [0.05, 0.1) is 12.5 Å². The zero-order valence-electron chi connectivity index (χ0n) is 15.6. The number of ether oxygens (including phenoxy) is 1. The highest BCUT2D eigenvalue weighted by Crippen LogP contribution is 2.25. The second-order valence-electron chi connectivity index (χ2n) is 7.68. The predicted octanol–water partition coefficient (Wildman–Crippen LogP) is 1.21. The van der Waals surface area contributed by atoms with Crippen LogP contribution in [-0.2, 0) is 14.3 Å². The quantitative estimate of drug-likeness (QED) is 0.747. The topological polar surface area (TPSA) is 53.1 Å². The Morgan fingerprint density at radius 2 is 1.68 bits per heavy atom. The highest BCUT2D eigenvalue weighted by atomic mass is 16.5. The molecule has 3 aliphatic rings. The lowest BCUT2D eigenvalue weighted by Crippen LogP contribution is -2.48. The third-order valence-corrected chi connectivity index (χ3v) is 6.14. The van der Waals surface area contributed by atoms with Crippen LogP contribution in [-0.4, -0.2) is 85.5 Å².